The molecule has 0 aliphatic heterocycles. The third-order valence-corrected chi connectivity index (χ3v) is 5.08. The van der Waals surface area contributed by atoms with Gasteiger partial charge in [0.25, 0.3) is 0 Å². The van der Waals surface area contributed by atoms with Crippen LogP contribution in [0.25, 0.3) is 33.5 Å². The molecule has 5 aromatic rings. The number of halogens is 1. The number of nitrogens with zero attached hydrogens (tertiary/aromatic N) is 6. The van der Waals surface area contributed by atoms with Gasteiger partial charge >= 0.3 is 0 Å². The first-order chi connectivity index (χ1) is 14.1. The molecule has 0 spiro atoms. The van der Waals surface area contributed by atoms with Crippen molar-refractivity contribution in [3.05, 3.63) is 78.4 Å². The standard InChI is InChI=1S/C22H17FN6/c1-13-5-6-16(10-25-13)20-11-26-21-22(28-20)29(12-27-21)14(2)17-8-15-4-3-7-24-19(15)9-18(17)23/h3-12,14H,1-2H3. The number of imidazole rings is 1. The van der Waals surface area contributed by atoms with Crippen LogP contribution in [0.2, 0.25) is 0 Å². The van der Waals surface area contributed by atoms with E-state index in [0.717, 1.165) is 16.6 Å². The van der Waals surface area contributed by atoms with Gasteiger partial charge in [-0.05, 0) is 38.1 Å². The zero-order valence-corrected chi connectivity index (χ0v) is 15.9. The van der Waals surface area contributed by atoms with Crippen molar-refractivity contribution < 1.29 is 4.39 Å². The van der Waals surface area contributed by atoms with E-state index in [9.17, 15) is 4.39 Å². The first-order valence-corrected chi connectivity index (χ1v) is 9.27. The largest absolute Gasteiger partial charge is 0.306 e. The second-order valence-corrected chi connectivity index (χ2v) is 6.99. The zero-order chi connectivity index (χ0) is 20.0. The lowest BCUT2D eigenvalue weighted by atomic mass is 10.0. The van der Waals surface area contributed by atoms with Gasteiger partial charge < -0.3 is 4.57 Å². The van der Waals surface area contributed by atoms with Gasteiger partial charge in [-0.1, -0.05) is 6.07 Å². The second-order valence-electron chi connectivity index (χ2n) is 6.99. The Balaban J connectivity index is 1.62. The molecule has 0 saturated heterocycles. The molecule has 0 saturated carbocycles. The highest BCUT2D eigenvalue weighted by atomic mass is 19.1. The van der Waals surface area contributed by atoms with Crippen LogP contribution in [0.15, 0.2) is 61.3 Å². The van der Waals surface area contributed by atoms with E-state index in [2.05, 4.69) is 19.9 Å². The molecule has 6 nitrogen and oxygen atoms in total. The van der Waals surface area contributed by atoms with Gasteiger partial charge in [-0.25, -0.2) is 19.3 Å². The Morgan fingerprint density at radius 3 is 2.72 bits per heavy atom. The van der Waals surface area contributed by atoms with Crippen LogP contribution < -0.4 is 0 Å². The molecule has 0 bridgehead atoms. The van der Waals surface area contributed by atoms with E-state index < -0.39 is 0 Å². The molecule has 29 heavy (non-hydrogen) atoms. The van der Waals surface area contributed by atoms with Crippen molar-refractivity contribution in [3.63, 3.8) is 0 Å². The number of rotatable bonds is 3. The Bertz CT molecular complexity index is 1340. The number of benzene rings is 1. The number of fused-ring (bicyclic) bond motifs is 2. The third-order valence-electron chi connectivity index (χ3n) is 5.08. The Kier molecular flexibility index (Phi) is 4.01. The van der Waals surface area contributed by atoms with Gasteiger partial charge in [0.2, 0.25) is 0 Å². The minimum Gasteiger partial charge on any atom is -0.306 e. The van der Waals surface area contributed by atoms with Crippen molar-refractivity contribution in [1.29, 1.82) is 0 Å². The fourth-order valence-corrected chi connectivity index (χ4v) is 3.43. The number of aryl methyl sites for hydroxylation is 1. The van der Waals surface area contributed by atoms with E-state index in [1.165, 1.54) is 6.07 Å². The van der Waals surface area contributed by atoms with Crippen molar-refractivity contribution in [3.8, 4) is 11.3 Å². The molecular weight excluding hydrogens is 367 g/mol. The fraction of sp³-hybridized carbons (Fsp3) is 0.136. The third kappa shape index (κ3) is 3.00. The molecule has 0 fully saturated rings. The van der Waals surface area contributed by atoms with E-state index in [0.29, 0.717) is 28.1 Å². The fourth-order valence-electron chi connectivity index (χ4n) is 3.43. The Hall–Kier alpha value is -3.74. The summed E-state index contributed by atoms with van der Waals surface area (Å²) in [5.41, 5.74) is 4.79. The van der Waals surface area contributed by atoms with E-state index in [-0.39, 0.29) is 11.9 Å². The highest BCUT2D eigenvalue weighted by Gasteiger charge is 2.18. The lowest BCUT2D eigenvalue weighted by Crippen LogP contribution is -2.09. The lowest BCUT2D eigenvalue weighted by molar-refractivity contribution is 0.564. The van der Waals surface area contributed by atoms with Crippen molar-refractivity contribution in [1.82, 2.24) is 29.5 Å². The quantitative estimate of drug-likeness (QED) is 0.458. The van der Waals surface area contributed by atoms with Crippen LogP contribution in [-0.4, -0.2) is 29.5 Å². The smallest absolute Gasteiger partial charge is 0.197 e. The van der Waals surface area contributed by atoms with Gasteiger partial charge in [0.1, 0.15) is 5.82 Å². The van der Waals surface area contributed by atoms with Crippen LogP contribution in [-0.2, 0) is 0 Å². The van der Waals surface area contributed by atoms with Crippen molar-refractivity contribution in [2.24, 2.45) is 0 Å². The summed E-state index contributed by atoms with van der Waals surface area (Å²) in [6, 6.07) is 10.6. The number of aromatic nitrogens is 6. The molecule has 1 unspecified atom stereocenters. The molecule has 0 radical (unpaired) electrons. The maximum absolute atomic E-state index is 14.8. The zero-order valence-electron chi connectivity index (χ0n) is 15.9. The van der Waals surface area contributed by atoms with Gasteiger partial charge in [-0.15, -0.1) is 0 Å². The molecular formula is C22H17FN6. The van der Waals surface area contributed by atoms with Crippen LogP contribution in [0.1, 0.15) is 24.2 Å². The first-order valence-electron chi connectivity index (χ1n) is 9.27. The molecule has 0 aliphatic rings. The average Bonchev–Trinajstić information content (AvgIpc) is 3.16. The summed E-state index contributed by atoms with van der Waals surface area (Å²) in [4.78, 5) is 22.0. The maximum atomic E-state index is 14.8. The van der Waals surface area contributed by atoms with Crippen molar-refractivity contribution in [2.75, 3.05) is 0 Å². The summed E-state index contributed by atoms with van der Waals surface area (Å²) in [6.07, 6.45) is 6.76. The summed E-state index contributed by atoms with van der Waals surface area (Å²) >= 11 is 0. The summed E-state index contributed by atoms with van der Waals surface area (Å²) in [7, 11) is 0. The highest BCUT2D eigenvalue weighted by molar-refractivity contribution is 5.79. The van der Waals surface area contributed by atoms with Gasteiger partial charge in [0.05, 0.1) is 29.8 Å². The lowest BCUT2D eigenvalue weighted by Gasteiger charge is -2.16. The molecule has 1 atom stereocenters. The predicted octanol–water partition coefficient (Wildman–Crippen LogP) is 4.49. The summed E-state index contributed by atoms with van der Waals surface area (Å²) in [5, 5.41) is 0.887. The van der Waals surface area contributed by atoms with Crippen LogP contribution in [0, 0.1) is 12.7 Å². The van der Waals surface area contributed by atoms with Gasteiger partial charge in [0, 0.05) is 40.7 Å². The van der Waals surface area contributed by atoms with Crippen LogP contribution in [0.3, 0.4) is 0 Å². The SMILES string of the molecule is Cc1ccc(-c2cnc3ncn(C(C)c4cc5cccnc5cc4F)c3n2)cn1. The Morgan fingerprint density at radius 1 is 1.00 bits per heavy atom. The maximum Gasteiger partial charge on any atom is 0.197 e. The van der Waals surface area contributed by atoms with Crippen LogP contribution in [0.5, 0.6) is 0 Å². The van der Waals surface area contributed by atoms with Crippen LogP contribution >= 0.6 is 0 Å². The number of hydrogen-bond acceptors (Lipinski definition) is 5. The van der Waals surface area contributed by atoms with E-state index in [1.807, 2.05) is 48.7 Å². The van der Waals surface area contributed by atoms with Crippen molar-refractivity contribution in [2.45, 2.75) is 19.9 Å². The summed E-state index contributed by atoms with van der Waals surface area (Å²) < 4.78 is 16.7. The van der Waals surface area contributed by atoms with E-state index in [4.69, 9.17) is 4.98 Å². The molecule has 7 heteroatoms. The predicted molar refractivity (Wildman–Crippen MR) is 109 cm³/mol. The normalized spacial score (nSPS) is 12.5. The Morgan fingerprint density at radius 2 is 1.90 bits per heavy atom. The Labute approximate surface area is 166 Å². The molecule has 5 rings (SSSR count). The van der Waals surface area contributed by atoms with Gasteiger partial charge in [-0.3, -0.25) is 9.97 Å². The first kappa shape index (κ1) is 17.4. The van der Waals surface area contributed by atoms with Crippen LogP contribution in [0.4, 0.5) is 4.39 Å². The molecule has 0 amide bonds. The van der Waals surface area contributed by atoms with Gasteiger partial charge in [0.15, 0.2) is 11.3 Å². The monoisotopic (exact) mass is 384 g/mol. The number of pyridine rings is 2. The topological polar surface area (TPSA) is 69.4 Å². The molecule has 0 aliphatic carbocycles. The molecule has 4 aromatic heterocycles. The molecule has 4 heterocycles. The highest BCUT2D eigenvalue weighted by Crippen LogP contribution is 2.28. The average molecular weight is 384 g/mol. The van der Waals surface area contributed by atoms with Crippen molar-refractivity contribution >= 4 is 22.2 Å². The van der Waals surface area contributed by atoms with Gasteiger partial charge in [-0.2, -0.15) is 0 Å². The van der Waals surface area contributed by atoms with E-state index >= 15 is 0 Å². The molecule has 142 valence electrons. The number of hydrogen-bond donors (Lipinski definition) is 0. The second kappa shape index (κ2) is 6.70. The molecule has 1 aromatic carbocycles. The minimum absolute atomic E-state index is 0.308. The van der Waals surface area contributed by atoms with E-state index in [1.54, 1.807) is 24.9 Å². The summed E-state index contributed by atoms with van der Waals surface area (Å²) in [6.45, 7) is 3.85. The summed E-state index contributed by atoms with van der Waals surface area (Å²) in [5.74, 6) is -0.308. The minimum atomic E-state index is -0.315. The molecule has 0 N–H and O–H groups in total.